The maximum absolute atomic E-state index is 13.2. The van der Waals surface area contributed by atoms with Crippen LogP contribution in [-0.4, -0.2) is 73.2 Å². The quantitative estimate of drug-likeness (QED) is 0.0447. The number of hydrogen-bond acceptors (Lipinski definition) is 6. The number of ether oxygens (including phenoxy) is 2. The Labute approximate surface area is 464 Å². The van der Waals surface area contributed by atoms with Crippen LogP contribution in [0.4, 0.5) is 0 Å². The number of nitrogens with zero attached hydrogens (tertiary/aromatic N) is 2. The van der Waals surface area contributed by atoms with Crippen LogP contribution in [-0.2, 0) is 19.1 Å². The predicted octanol–water partition coefficient (Wildman–Crippen LogP) is 21.6. The molecule has 0 spiro atoms. The summed E-state index contributed by atoms with van der Waals surface area (Å²) in [6, 6.07) is 0. The van der Waals surface area contributed by atoms with Gasteiger partial charge in [-0.15, -0.1) is 0 Å². The third-order valence-electron chi connectivity index (χ3n) is 16.8. The molecule has 6 nitrogen and oxygen atoms in total. The van der Waals surface area contributed by atoms with E-state index in [-0.39, 0.29) is 24.1 Å². The average molecular weight is 1040 g/mol. The van der Waals surface area contributed by atoms with Gasteiger partial charge in [0.15, 0.2) is 0 Å². The maximum Gasteiger partial charge on any atom is 0.307 e. The molecule has 1 rings (SSSR count). The van der Waals surface area contributed by atoms with Gasteiger partial charge in [-0.05, 0) is 77.5 Å². The molecule has 0 radical (unpaired) electrons. The topological polar surface area (TPSA) is 59.1 Å². The fraction of sp³-hybridized carbons (Fsp3) is 0.971. The number of carbonyl (C=O) groups excluding carboxylic acids is 2. The van der Waals surface area contributed by atoms with Crippen molar-refractivity contribution in [3.63, 3.8) is 0 Å². The van der Waals surface area contributed by atoms with Crippen molar-refractivity contribution in [2.45, 2.75) is 387 Å². The lowest BCUT2D eigenvalue weighted by molar-refractivity contribution is -0.158. The van der Waals surface area contributed by atoms with Crippen molar-refractivity contribution in [3.8, 4) is 0 Å². The smallest absolute Gasteiger partial charge is 0.307 e. The van der Waals surface area contributed by atoms with Crippen LogP contribution in [0.15, 0.2) is 0 Å². The van der Waals surface area contributed by atoms with Crippen LogP contribution >= 0.6 is 0 Å². The van der Waals surface area contributed by atoms with Gasteiger partial charge in [0.2, 0.25) is 0 Å². The van der Waals surface area contributed by atoms with Crippen molar-refractivity contribution in [1.29, 1.82) is 0 Å². The summed E-state index contributed by atoms with van der Waals surface area (Å²) in [6.45, 7) is 15.3. The summed E-state index contributed by atoms with van der Waals surface area (Å²) in [5, 5.41) is 0. The molecule has 0 aliphatic heterocycles. The molecule has 0 saturated heterocycles. The van der Waals surface area contributed by atoms with E-state index in [1.807, 2.05) is 0 Å². The lowest BCUT2D eigenvalue weighted by Crippen LogP contribution is -2.33. The van der Waals surface area contributed by atoms with Crippen LogP contribution in [0.2, 0.25) is 0 Å². The van der Waals surface area contributed by atoms with Crippen molar-refractivity contribution in [2.24, 2.45) is 0 Å². The van der Waals surface area contributed by atoms with E-state index in [0.717, 1.165) is 65.0 Å². The summed E-state index contributed by atoms with van der Waals surface area (Å²) in [4.78, 5) is 31.6. The van der Waals surface area contributed by atoms with E-state index in [4.69, 9.17) is 9.47 Å². The maximum atomic E-state index is 13.2. The molecule has 440 valence electrons. The Morgan fingerprint density at radius 3 is 0.595 bits per heavy atom. The van der Waals surface area contributed by atoms with Crippen LogP contribution in [0, 0.1) is 0 Å². The molecule has 0 heterocycles. The molecule has 0 aromatic rings. The lowest BCUT2D eigenvalue weighted by Gasteiger charge is -2.29. The van der Waals surface area contributed by atoms with Crippen molar-refractivity contribution in [3.05, 3.63) is 0 Å². The zero-order valence-electron chi connectivity index (χ0n) is 51.1. The fourth-order valence-electron chi connectivity index (χ4n) is 11.6. The Hall–Kier alpha value is -1.14. The first-order valence-corrected chi connectivity index (χ1v) is 34.4. The first-order chi connectivity index (χ1) is 36.5. The largest absolute Gasteiger partial charge is 0.462 e. The van der Waals surface area contributed by atoms with Gasteiger partial charge in [-0.2, -0.15) is 0 Å². The van der Waals surface area contributed by atoms with Gasteiger partial charge >= 0.3 is 11.9 Å². The minimum atomic E-state index is -0.0415. The van der Waals surface area contributed by atoms with Crippen LogP contribution in [0.25, 0.3) is 0 Å². The van der Waals surface area contributed by atoms with Crippen molar-refractivity contribution in [2.75, 3.05) is 39.3 Å². The van der Waals surface area contributed by atoms with Gasteiger partial charge in [-0.25, -0.2) is 0 Å². The molecule has 74 heavy (non-hydrogen) atoms. The molecule has 0 amide bonds. The molecule has 6 heteroatoms. The predicted molar refractivity (Wildman–Crippen MR) is 325 cm³/mol. The second-order valence-corrected chi connectivity index (χ2v) is 24.1. The van der Waals surface area contributed by atoms with E-state index in [1.165, 1.54) is 308 Å². The number of unbranched alkanes of at least 4 members (excludes halogenated alkanes) is 44. The Morgan fingerprint density at radius 2 is 0.419 bits per heavy atom. The molecule has 0 atom stereocenters. The van der Waals surface area contributed by atoms with Crippen LogP contribution in [0.5, 0.6) is 0 Å². The molecule has 1 aliphatic carbocycles. The van der Waals surface area contributed by atoms with E-state index in [9.17, 15) is 9.59 Å². The summed E-state index contributed by atoms with van der Waals surface area (Å²) in [5.74, 6) is -0.0810. The molecule has 0 unspecified atom stereocenters. The third-order valence-corrected chi connectivity index (χ3v) is 16.8. The Morgan fingerprint density at radius 1 is 0.257 bits per heavy atom. The molecule has 1 fully saturated rings. The highest BCUT2D eigenvalue weighted by molar-refractivity contribution is 5.70. The highest BCUT2D eigenvalue weighted by atomic mass is 16.6. The molecular formula is C68H134N2O4. The van der Waals surface area contributed by atoms with Crippen LogP contribution in [0.1, 0.15) is 374 Å². The van der Waals surface area contributed by atoms with Gasteiger partial charge in [0.05, 0.1) is 12.8 Å². The Bertz CT molecular complexity index is 983. The van der Waals surface area contributed by atoms with Gasteiger partial charge in [-0.1, -0.05) is 310 Å². The van der Waals surface area contributed by atoms with E-state index in [2.05, 4.69) is 37.5 Å². The fourth-order valence-corrected chi connectivity index (χ4v) is 11.6. The Balaban J connectivity index is 2.45. The zero-order valence-corrected chi connectivity index (χ0v) is 51.1. The van der Waals surface area contributed by atoms with Gasteiger partial charge < -0.3 is 19.3 Å². The molecule has 0 N–H and O–H groups in total. The summed E-state index contributed by atoms with van der Waals surface area (Å²) >= 11 is 0. The van der Waals surface area contributed by atoms with Crippen molar-refractivity contribution >= 4 is 11.9 Å². The van der Waals surface area contributed by atoms with Crippen LogP contribution in [0.3, 0.4) is 0 Å². The van der Waals surface area contributed by atoms with E-state index < -0.39 is 0 Å². The first-order valence-electron chi connectivity index (χ1n) is 34.4. The van der Waals surface area contributed by atoms with Gasteiger partial charge in [-0.3, -0.25) is 9.59 Å². The lowest BCUT2D eigenvalue weighted by atomic mass is 9.95. The van der Waals surface area contributed by atoms with Crippen molar-refractivity contribution < 1.29 is 19.1 Å². The van der Waals surface area contributed by atoms with Crippen molar-refractivity contribution in [1.82, 2.24) is 9.80 Å². The molecule has 0 aromatic carbocycles. The van der Waals surface area contributed by atoms with Gasteiger partial charge in [0, 0.05) is 13.1 Å². The second kappa shape index (κ2) is 58.0. The molecule has 0 aromatic heterocycles. The summed E-state index contributed by atoms with van der Waals surface area (Å²) in [6.07, 6.45) is 70.0. The third kappa shape index (κ3) is 50.4. The summed E-state index contributed by atoms with van der Waals surface area (Å²) in [7, 11) is 0. The van der Waals surface area contributed by atoms with E-state index in [0.29, 0.717) is 12.8 Å². The standard InChI is InChI=1S/C68H134N2O4/c1-5-9-13-17-21-25-29-33-37-41-45-49-59-69(60-50-46-42-38-34-30-26-22-18-14-10-6-2)63-57-67(71)73-65-53-55-66(56-54-65)74-68(72)58-64-70(61-51-47-43-39-35-31-27-23-19-15-11-7-3)62-52-48-44-40-36-32-28-24-20-16-12-8-4/h65-66H,5-64H2,1-4H3/t65-,66+. The van der Waals surface area contributed by atoms with Gasteiger partial charge in [0.1, 0.15) is 12.2 Å². The van der Waals surface area contributed by atoms with Gasteiger partial charge in [0.25, 0.3) is 0 Å². The number of esters is 2. The summed E-state index contributed by atoms with van der Waals surface area (Å²) < 4.78 is 12.2. The molecular weight excluding hydrogens is 909 g/mol. The Kier molecular flexibility index (Phi) is 55.6. The minimum Gasteiger partial charge on any atom is -0.462 e. The number of hydrogen-bond donors (Lipinski definition) is 0. The average Bonchev–Trinajstić information content (AvgIpc) is 3.40. The number of carbonyl (C=O) groups is 2. The van der Waals surface area contributed by atoms with Crippen LogP contribution < -0.4 is 0 Å². The highest BCUT2D eigenvalue weighted by Gasteiger charge is 2.26. The highest BCUT2D eigenvalue weighted by Crippen LogP contribution is 2.25. The number of rotatable bonds is 60. The van der Waals surface area contributed by atoms with E-state index in [1.54, 1.807) is 0 Å². The molecule has 0 bridgehead atoms. The first kappa shape index (κ1) is 70.9. The SMILES string of the molecule is CCCCCCCCCCCCCCN(CCCCCCCCCCCCCC)CCC(=O)O[C@H]1CC[C@@H](OC(=O)CCN(CCCCCCCCCCCCCC)CCCCCCCCCCCCCC)CC1. The normalized spacial score (nSPS) is 14.9. The van der Waals surface area contributed by atoms with E-state index >= 15 is 0 Å². The minimum absolute atomic E-state index is 0.0405. The molecule has 1 saturated carbocycles. The monoisotopic (exact) mass is 1040 g/mol. The zero-order chi connectivity index (χ0) is 53.3. The molecule has 1 aliphatic rings. The second-order valence-electron chi connectivity index (χ2n) is 24.1. The summed E-state index contributed by atoms with van der Waals surface area (Å²) in [5.41, 5.74) is 0.